The lowest BCUT2D eigenvalue weighted by molar-refractivity contribution is -0.131. The fraction of sp³-hybridized carbons (Fsp3) is 0.714. The van der Waals surface area contributed by atoms with Crippen molar-refractivity contribution < 1.29 is 4.79 Å². The number of aromatic nitrogens is 1. The monoisotopic (exact) mass is 302 g/mol. The molecule has 0 atom stereocenters. The van der Waals surface area contributed by atoms with Gasteiger partial charge in [-0.1, -0.05) is 27.7 Å². The fourth-order valence-corrected chi connectivity index (χ4v) is 2.91. The second-order valence-corrected chi connectivity index (χ2v) is 6.84. The summed E-state index contributed by atoms with van der Waals surface area (Å²) >= 11 is 7.24. The maximum absolute atomic E-state index is 12.3. The Hall–Kier alpha value is -0.610. The second kappa shape index (κ2) is 7.85. The van der Waals surface area contributed by atoms with E-state index in [0.717, 1.165) is 23.8 Å². The van der Waals surface area contributed by atoms with Crippen LogP contribution in [0.5, 0.6) is 0 Å². The van der Waals surface area contributed by atoms with Crippen LogP contribution in [0.1, 0.15) is 38.4 Å². The van der Waals surface area contributed by atoms with Gasteiger partial charge in [0.05, 0.1) is 18.0 Å². The van der Waals surface area contributed by atoms with Crippen LogP contribution in [0.2, 0.25) is 0 Å². The van der Waals surface area contributed by atoms with Gasteiger partial charge in [-0.2, -0.15) is 0 Å². The van der Waals surface area contributed by atoms with Crippen molar-refractivity contribution in [3.8, 4) is 0 Å². The molecule has 1 heterocycles. The lowest BCUT2D eigenvalue weighted by atomic mass is 10.1. The molecule has 1 rings (SSSR count). The van der Waals surface area contributed by atoms with Gasteiger partial charge in [0, 0.05) is 18.5 Å². The Morgan fingerprint density at radius 2 is 1.89 bits per heavy atom. The molecule has 0 aliphatic rings. The van der Waals surface area contributed by atoms with Crippen LogP contribution in [0.4, 0.5) is 0 Å². The number of thiazole rings is 1. The summed E-state index contributed by atoms with van der Waals surface area (Å²) in [5.74, 6) is 1.54. The Morgan fingerprint density at radius 3 is 2.32 bits per heavy atom. The average molecular weight is 303 g/mol. The average Bonchev–Trinajstić information content (AvgIpc) is 2.74. The molecule has 0 unspecified atom stereocenters. The highest BCUT2D eigenvalue weighted by molar-refractivity contribution is 7.09. The van der Waals surface area contributed by atoms with Gasteiger partial charge in [0.15, 0.2) is 0 Å². The van der Waals surface area contributed by atoms with Crippen molar-refractivity contribution in [2.75, 3.05) is 13.1 Å². The Kier molecular flexibility index (Phi) is 6.80. The van der Waals surface area contributed by atoms with E-state index in [-0.39, 0.29) is 5.91 Å². The van der Waals surface area contributed by atoms with Crippen molar-refractivity contribution in [2.24, 2.45) is 11.8 Å². The van der Waals surface area contributed by atoms with Crippen molar-refractivity contribution >= 4 is 28.8 Å². The zero-order valence-corrected chi connectivity index (χ0v) is 13.7. The van der Waals surface area contributed by atoms with E-state index in [1.807, 2.05) is 10.3 Å². The standard InChI is InChI=1S/C14H23ClN2OS/c1-10(2)7-17(8-11(3)4)14(18)5-13-16-12(6-15)9-19-13/h9-11H,5-8H2,1-4H3. The number of hydrogen-bond acceptors (Lipinski definition) is 3. The van der Waals surface area contributed by atoms with Crippen molar-refractivity contribution in [1.29, 1.82) is 0 Å². The first-order chi connectivity index (χ1) is 8.92. The summed E-state index contributed by atoms with van der Waals surface area (Å²) in [6.07, 6.45) is 0.390. The molecule has 0 aliphatic heterocycles. The summed E-state index contributed by atoms with van der Waals surface area (Å²) in [4.78, 5) is 18.6. The molecule has 1 aromatic heterocycles. The summed E-state index contributed by atoms with van der Waals surface area (Å²) in [6.45, 7) is 10.2. The van der Waals surface area contributed by atoms with Crippen LogP contribution in [0, 0.1) is 11.8 Å². The molecule has 0 radical (unpaired) electrons. The van der Waals surface area contributed by atoms with Crippen LogP contribution < -0.4 is 0 Å². The van der Waals surface area contributed by atoms with Crippen LogP contribution in [-0.2, 0) is 17.1 Å². The highest BCUT2D eigenvalue weighted by Gasteiger charge is 2.18. The molecule has 0 aromatic carbocycles. The van der Waals surface area contributed by atoms with Gasteiger partial charge in [-0.3, -0.25) is 4.79 Å². The van der Waals surface area contributed by atoms with E-state index >= 15 is 0 Å². The van der Waals surface area contributed by atoms with Crippen LogP contribution in [0.15, 0.2) is 5.38 Å². The number of carbonyl (C=O) groups excluding carboxylic acids is 1. The molecule has 0 saturated carbocycles. The van der Waals surface area contributed by atoms with Crippen molar-refractivity contribution in [3.63, 3.8) is 0 Å². The molecular weight excluding hydrogens is 280 g/mol. The number of amides is 1. The van der Waals surface area contributed by atoms with Gasteiger partial charge >= 0.3 is 0 Å². The molecule has 5 heteroatoms. The first-order valence-electron chi connectivity index (χ1n) is 6.69. The van der Waals surface area contributed by atoms with Crippen molar-refractivity contribution in [1.82, 2.24) is 9.88 Å². The predicted molar refractivity (Wildman–Crippen MR) is 81.6 cm³/mol. The Morgan fingerprint density at radius 1 is 1.32 bits per heavy atom. The van der Waals surface area contributed by atoms with Gasteiger partial charge in [0.25, 0.3) is 0 Å². The fourth-order valence-electron chi connectivity index (χ4n) is 1.89. The Bertz CT molecular complexity index is 394. The van der Waals surface area contributed by atoms with E-state index in [2.05, 4.69) is 32.7 Å². The van der Waals surface area contributed by atoms with Gasteiger partial charge in [-0.05, 0) is 11.8 Å². The van der Waals surface area contributed by atoms with E-state index in [1.54, 1.807) is 0 Å². The van der Waals surface area contributed by atoms with Crippen LogP contribution in [0.25, 0.3) is 0 Å². The van der Waals surface area contributed by atoms with Gasteiger partial charge < -0.3 is 4.90 Å². The van der Waals surface area contributed by atoms with E-state index in [0.29, 0.717) is 24.1 Å². The van der Waals surface area contributed by atoms with Crippen LogP contribution >= 0.6 is 22.9 Å². The van der Waals surface area contributed by atoms with Crippen LogP contribution in [0.3, 0.4) is 0 Å². The molecule has 19 heavy (non-hydrogen) atoms. The zero-order chi connectivity index (χ0) is 14.4. The molecule has 0 bridgehead atoms. The molecule has 1 aromatic rings. The molecule has 0 spiro atoms. The minimum absolute atomic E-state index is 0.165. The molecule has 3 nitrogen and oxygen atoms in total. The second-order valence-electron chi connectivity index (χ2n) is 5.63. The third kappa shape index (κ3) is 5.91. The van der Waals surface area contributed by atoms with E-state index in [4.69, 9.17) is 11.6 Å². The lowest BCUT2D eigenvalue weighted by Crippen LogP contribution is -2.37. The number of nitrogens with zero attached hydrogens (tertiary/aromatic N) is 2. The van der Waals surface area contributed by atoms with E-state index in [9.17, 15) is 4.79 Å². The first kappa shape index (κ1) is 16.4. The van der Waals surface area contributed by atoms with Crippen LogP contribution in [-0.4, -0.2) is 28.9 Å². The minimum atomic E-state index is 0.165. The third-order valence-corrected chi connectivity index (χ3v) is 3.73. The van der Waals surface area contributed by atoms with E-state index in [1.165, 1.54) is 11.3 Å². The highest BCUT2D eigenvalue weighted by atomic mass is 35.5. The molecule has 0 fully saturated rings. The molecule has 0 aliphatic carbocycles. The Labute approximate surface area is 125 Å². The maximum atomic E-state index is 12.3. The van der Waals surface area contributed by atoms with Gasteiger partial charge in [0.1, 0.15) is 5.01 Å². The number of rotatable bonds is 7. The smallest absolute Gasteiger partial charge is 0.229 e. The number of hydrogen-bond donors (Lipinski definition) is 0. The maximum Gasteiger partial charge on any atom is 0.229 e. The highest BCUT2D eigenvalue weighted by Crippen LogP contribution is 2.14. The van der Waals surface area contributed by atoms with E-state index < -0.39 is 0 Å². The molecule has 0 saturated heterocycles. The van der Waals surface area contributed by atoms with Gasteiger partial charge in [-0.15, -0.1) is 22.9 Å². The summed E-state index contributed by atoms with van der Waals surface area (Å²) < 4.78 is 0. The molecule has 1 amide bonds. The first-order valence-corrected chi connectivity index (χ1v) is 8.10. The van der Waals surface area contributed by atoms with Crippen molar-refractivity contribution in [2.45, 2.75) is 40.0 Å². The van der Waals surface area contributed by atoms with Gasteiger partial charge in [0.2, 0.25) is 5.91 Å². The largest absolute Gasteiger partial charge is 0.342 e. The quantitative estimate of drug-likeness (QED) is 0.722. The summed E-state index contributed by atoms with van der Waals surface area (Å²) in [7, 11) is 0. The summed E-state index contributed by atoms with van der Waals surface area (Å²) in [5.41, 5.74) is 0.855. The predicted octanol–water partition coefficient (Wildman–Crippen LogP) is 3.57. The van der Waals surface area contributed by atoms with Crippen molar-refractivity contribution in [3.05, 3.63) is 16.1 Å². The third-order valence-electron chi connectivity index (χ3n) is 2.56. The molecular formula is C14H23ClN2OS. The molecule has 0 N–H and O–H groups in total. The topological polar surface area (TPSA) is 33.2 Å². The lowest BCUT2D eigenvalue weighted by Gasteiger charge is -2.26. The van der Waals surface area contributed by atoms with Gasteiger partial charge in [-0.25, -0.2) is 4.98 Å². The summed E-state index contributed by atoms with van der Waals surface area (Å²) in [6, 6.07) is 0. The Balaban J connectivity index is 2.64. The number of alkyl halides is 1. The number of halogens is 1. The SMILES string of the molecule is CC(C)CN(CC(C)C)C(=O)Cc1nc(CCl)cs1. The summed E-state index contributed by atoms with van der Waals surface area (Å²) in [5, 5.41) is 2.78. The minimum Gasteiger partial charge on any atom is -0.342 e. The zero-order valence-electron chi connectivity index (χ0n) is 12.1. The normalized spacial score (nSPS) is 11.3. The number of carbonyl (C=O) groups is 1. The molecule has 108 valence electrons.